The van der Waals surface area contributed by atoms with Gasteiger partial charge in [-0.3, -0.25) is 4.79 Å². The summed E-state index contributed by atoms with van der Waals surface area (Å²) in [5, 5.41) is 11.4. The molecule has 2 aromatic rings. The highest BCUT2D eigenvalue weighted by Gasteiger charge is 2.09. The molecular formula is C18H16N2O4. The fraction of sp³-hybridized carbons (Fsp3) is 0.167. The van der Waals surface area contributed by atoms with Crippen molar-refractivity contribution in [1.29, 1.82) is 5.26 Å². The average Bonchev–Trinajstić information content (AvgIpc) is 2.61. The largest absolute Gasteiger partial charge is 0.484 e. The molecule has 0 aliphatic carbocycles. The van der Waals surface area contributed by atoms with Crippen LogP contribution in [0.3, 0.4) is 0 Å². The Bertz CT molecular complexity index is 763. The van der Waals surface area contributed by atoms with E-state index in [9.17, 15) is 9.59 Å². The van der Waals surface area contributed by atoms with E-state index in [0.717, 1.165) is 0 Å². The van der Waals surface area contributed by atoms with Gasteiger partial charge in [-0.05, 0) is 49.4 Å². The van der Waals surface area contributed by atoms with Crippen LogP contribution in [0.4, 0.5) is 5.69 Å². The van der Waals surface area contributed by atoms with Crippen LogP contribution < -0.4 is 10.1 Å². The van der Waals surface area contributed by atoms with E-state index in [1.807, 2.05) is 6.07 Å². The second-order valence-corrected chi connectivity index (χ2v) is 4.77. The number of hydrogen-bond donors (Lipinski definition) is 1. The Morgan fingerprint density at radius 1 is 1.17 bits per heavy atom. The van der Waals surface area contributed by atoms with Crippen molar-refractivity contribution in [3.63, 3.8) is 0 Å². The molecule has 0 saturated carbocycles. The molecule has 0 heterocycles. The second-order valence-electron chi connectivity index (χ2n) is 4.77. The number of amides is 1. The third kappa shape index (κ3) is 4.85. The molecule has 24 heavy (non-hydrogen) atoms. The fourth-order valence-electron chi connectivity index (χ4n) is 1.91. The highest BCUT2D eigenvalue weighted by Crippen LogP contribution is 2.13. The van der Waals surface area contributed by atoms with E-state index >= 15 is 0 Å². The van der Waals surface area contributed by atoms with Gasteiger partial charge in [-0.15, -0.1) is 0 Å². The molecule has 2 aromatic carbocycles. The monoisotopic (exact) mass is 324 g/mol. The van der Waals surface area contributed by atoms with Crippen molar-refractivity contribution in [2.24, 2.45) is 0 Å². The number of ether oxygens (including phenoxy) is 2. The van der Waals surface area contributed by atoms with Gasteiger partial charge in [0.1, 0.15) is 5.75 Å². The molecule has 0 fully saturated rings. The number of anilines is 1. The van der Waals surface area contributed by atoms with E-state index in [2.05, 4.69) is 5.32 Å². The van der Waals surface area contributed by atoms with E-state index < -0.39 is 5.97 Å². The van der Waals surface area contributed by atoms with E-state index in [1.165, 1.54) is 6.07 Å². The third-order valence-electron chi connectivity index (χ3n) is 3.01. The lowest BCUT2D eigenvalue weighted by Crippen LogP contribution is -2.20. The Labute approximate surface area is 139 Å². The molecule has 0 radical (unpaired) electrons. The lowest BCUT2D eigenvalue weighted by molar-refractivity contribution is -0.118. The van der Waals surface area contributed by atoms with Crippen molar-refractivity contribution in [2.75, 3.05) is 18.5 Å². The Morgan fingerprint density at radius 2 is 1.92 bits per heavy atom. The maximum Gasteiger partial charge on any atom is 0.338 e. The first kappa shape index (κ1) is 17.0. The quantitative estimate of drug-likeness (QED) is 0.825. The maximum absolute atomic E-state index is 11.9. The second kappa shape index (κ2) is 8.34. The van der Waals surface area contributed by atoms with Crippen molar-refractivity contribution < 1.29 is 19.1 Å². The number of hydrogen-bond acceptors (Lipinski definition) is 5. The normalized spacial score (nSPS) is 9.67. The molecule has 0 aliphatic heterocycles. The number of nitriles is 1. The highest BCUT2D eigenvalue weighted by atomic mass is 16.5. The molecule has 6 heteroatoms. The van der Waals surface area contributed by atoms with Gasteiger partial charge in [-0.2, -0.15) is 5.26 Å². The number of carbonyl (C=O) groups is 2. The molecule has 0 aliphatic rings. The van der Waals surface area contributed by atoms with Gasteiger partial charge < -0.3 is 14.8 Å². The molecule has 6 nitrogen and oxygen atoms in total. The number of carbonyl (C=O) groups excluding carboxylic acids is 2. The Kier molecular flexibility index (Phi) is 5.92. The maximum atomic E-state index is 11.9. The van der Waals surface area contributed by atoms with Crippen LogP contribution in [0.5, 0.6) is 5.75 Å². The zero-order chi connectivity index (χ0) is 17.4. The van der Waals surface area contributed by atoms with E-state index in [-0.39, 0.29) is 19.1 Å². The van der Waals surface area contributed by atoms with E-state index in [0.29, 0.717) is 22.6 Å². The van der Waals surface area contributed by atoms with Gasteiger partial charge in [0.15, 0.2) is 6.61 Å². The van der Waals surface area contributed by atoms with Gasteiger partial charge >= 0.3 is 5.97 Å². The summed E-state index contributed by atoms with van der Waals surface area (Å²) in [4.78, 5) is 23.6. The predicted molar refractivity (Wildman–Crippen MR) is 87.7 cm³/mol. The Hall–Kier alpha value is -3.33. The van der Waals surface area contributed by atoms with E-state index in [4.69, 9.17) is 14.7 Å². The fourth-order valence-corrected chi connectivity index (χ4v) is 1.91. The van der Waals surface area contributed by atoms with Crippen LogP contribution in [-0.2, 0) is 9.53 Å². The van der Waals surface area contributed by atoms with Crippen LogP contribution >= 0.6 is 0 Å². The lowest BCUT2D eigenvalue weighted by Gasteiger charge is -2.09. The summed E-state index contributed by atoms with van der Waals surface area (Å²) in [5.74, 6) is -0.313. The third-order valence-corrected chi connectivity index (χ3v) is 3.01. The minimum Gasteiger partial charge on any atom is -0.484 e. The van der Waals surface area contributed by atoms with Crippen molar-refractivity contribution in [3.05, 3.63) is 59.7 Å². The Morgan fingerprint density at radius 3 is 2.58 bits per heavy atom. The molecule has 0 unspecified atom stereocenters. The summed E-state index contributed by atoms with van der Waals surface area (Å²) in [6.45, 7) is 1.83. The summed E-state index contributed by atoms with van der Waals surface area (Å²) < 4.78 is 10.3. The minimum atomic E-state index is -0.442. The first-order valence-electron chi connectivity index (χ1n) is 7.32. The molecule has 0 bridgehead atoms. The van der Waals surface area contributed by atoms with Gasteiger partial charge in [0.2, 0.25) is 0 Å². The predicted octanol–water partition coefficient (Wildman–Crippen LogP) is 2.75. The molecule has 2 rings (SSSR count). The molecule has 1 N–H and O–H groups in total. The number of nitrogens with one attached hydrogen (secondary N) is 1. The van der Waals surface area contributed by atoms with Crippen molar-refractivity contribution in [3.8, 4) is 11.8 Å². The van der Waals surface area contributed by atoms with Crippen LogP contribution in [-0.4, -0.2) is 25.1 Å². The van der Waals surface area contributed by atoms with Gasteiger partial charge in [0.25, 0.3) is 5.91 Å². The van der Waals surface area contributed by atoms with Gasteiger partial charge in [-0.25, -0.2) is 4.79 Å². The summed E-state index contributed by atoms with van der Waals surface area (Å²) >= 11 is 0. The van der Waals surface area contributed by atoms with Crippen molar-refractivity contribution in [1.82, 2.24) is 0 Å². The van der Waals surface area contributed by atoms with Gasteiger partial charge in [0, 0.05) is 5.69 Å². The SMILES string of the molecule is CCOC(=O)c1cccc(NC(=O)COc2ccc(C#N)cc2)c1. The Balaban J connectivity index is 1.91. The minimum absolute atomic E-state index is 0.185. The number of benzene rings is 2. The first-order chi connectivity index (χ1) is 11.6. The average molecular weight is 324 g/mol. The summed E-state index contributed by atoms with van der Waals surface area (Å²) in [5.41, 5.74) is 1.36. The van der Waals surface area contributed by atoms with Gasteiger partial charge in [-0.1, -0.05) is 6.07 Å². The number of nitrogens with zero attached hydrogens (tertiary/aromatic N) is 1. The first-order valence-corrected chi connectivity index (χ1v) is 7.32. The van der Waals surface area contributed by atoms with Crippen molar-refractivity contribution in [2.45, 2.75) is 6.92 Å². The highest BCUT2D eigenvalue weighted by molar-refractivity contribution is 5.95. The zero-order valence-electron chi connectivity index (χ0n) is 13.1. The summed E-state index contributed by atoms with van der Waals surface area (Å²) in [6, 6.07) is 14.9. The van der Waals surface area contributed by atoms with Crippen LogP contribution in [0, 0.1) is 11.3 Å². The smallest absolute Gasteiger partial charge is 0.338 e. The number of rotatable bonds is 6. The molecule has 0 spiro atoms. The summed E-state index contributed by atoms with van der Waals surface area (Å²) in [6.07, 6.45) is 0. The topological polar surface area (TPSA) is 88.4 Å². The number of esters is 1. The molecule has 0 saturated heterocycles. The van der Waals surface area contributed by atoms with Crippen LogP contribution in [0.2, 0.25) is 0 Å². The molecular weight excluding hydrogens is 308 g/mol. The molecule has 0 atom stereocenters. The summed E-state index contributed by atoms with van der Waals surface area (Å²) in [7, 11) is 0. The molecule has 1 amide bonds. The van der Waals surface area contributed by atoms with Crippen molar-refractivity contribution >= 4 is 17.6 Å². The zero-order valence-corrected chi connectivity index (χ0v) is 13.1. The van der Waals surface area contributed by atoms with E-state index in [1.54, 1.807) is 49.4 Å². The lowest BCUT2D eigenvalue weighted by atomic mass is 10.2. The standard InChI is InChI=1S/C18H16N2O4/c1-2-23-18(22)14-4-3-5-15(10-14)20-17(21)12-24-16-8-6-13(11-19)7-9-16/h3-10H,2,12H2,1H3,(H,20,21). The van der Waals surface area contributed by atoms with Crippen LogP contribution in [0.1, 0.15) is 22.8 Å². The van der Waals surface area contributed by atoms with Crippen LogP contribution in [0.15, 0.2) is 48.5 Å². The molecule has 122 valence electrons. The van der Waals surface area contributed by atoms with Gasteiger partial charge in [0.05, 0.1) is 23.8 Å². The van der Waals surface area contributed by atoms with Crippen LogP contribution in [0.25, 0.3) is 0 Å². The molecule has 0 aromatic heterocycles.